The molecule has 1 amide bonds. The highest BCUT2D eigenvalue weighted by atomic mass is 19.1. The van der Waals surface area contributed by atoms with Crippen molar-refractivity contribution < 1.29 is 13.9 Å². The van der Waals surface area contributed by atoms with E-state index in [4.69, 9.17) is 9.72 Å². The second-order valence-corrected chi connectivity index (χ2v) is 7.90. The van der Waals surface area contributed by atoms with Crippen LogP contribution in [0.5, 0.6) is 0 Å². The number of carbonyl (C=O) groups is 1. The van der Waals surface area contributed by atoms with Crippen molar-refractivity contribution in [3.05, 3.63) is 65.2 Å². The Morgan fingerprint density at radius 1 is 1.03 bits per heavy atom. The number of pyridine rings is 1. The lowest BCUT2D eigenvalue weighted by atomic mass is 9.92. The zero-order valence-corrected chi connectivity index (χ0v) is 16.7. The molecular formula is C23H28FN3O2. The van der Waals surface area contributed by atoms with Crippen LogP contribution in [0.2, 0.25) is 0 Å². The monoisotopic (exact) mass is 397 g/mol. The van der Waals surface area contributed by atoms with Crippen LogP contribution in [-0.4, -0.2) is 66.6 Å². The van der Waals surface area contributed by atoms with Gasteiger partial charge in [0.25, 0.3) is 0 Å². The molecule has 29 heavy (non-hydrogen) atoms. The fourth-order valence-electron chi connectivity index (χ4n) is 4.11. The van der Waals surface area contributed by atoms with Crippen LogP contribution in [0.25, 0.3) is 0 Å². The summed E-state index contributed by atoms with van der Waals surface area (Å²) in [6, 6.07) is 12.8. The number of likely N-dealkylation sites (tertiary alicyclic amines) is 1. The zero-order valence-electron chi connectivity index (χ0n) is 16.7. The number of aromatic nitrogens is 1. The number of piperidine rings is 1. The van der Waals surface area contributed by atoms with Crippen molar-refractivity contribution in [3.63, 3.8) is 0 Å². The Bertz CT molecular complexity index is 813. The molecule has 2 aromatic rings. The number of nitrogens with zero attached hydrogens (tertiary/aromatic N) is 3. The van der Waals surface area contributed by atoms with Crippen LogP contribution >= 0.6 is 0 Å². The molecule has 0 saturated carbocycles. The normalized spacial score (nSPS) is 18.7. The summed E-state index contributed by atoms with van der Waals surface area (Å²) >= 11 is 0. The van der Waals surface area contributed by atoms with Crippen molar-refractivity contribution in [2.45, 2.75) is 25.2 Å². The number of carbonyl (C=O) groups excluding carboxylic acids is 1. The van der Waals surface area contributed by atoms with Crippen molar-refractivity contribution in [3.8, 4) is 0 Å². The number of hydrogen-bond donors (Lipinski definition) is 0. The molecule has 2 saturated heterocycles. The largest absolute Gasteiger partial charge is 0.379 e. The predicted octanol–water partition coefficient (Wildman–Crippen LogP) is 2.85. The minimum atomic E-state index is -0.217. The summed E-state index contributed by atoms with van der Waals surface area (Å²) in [5.74, 6) is 0.393. The minimum absolute atomic E-state index is 0.217. The van der Waals surface area contributed by atoms with E-state index in [9.17, 15) is 9.18 Å². The Kier molecular flexibility index (Phi) is 6.52. The molecule has 1 aromatic heterocycles. The summed E-state index contributed by atoms with van der Waals surface area (Å²) in [5.41, 5.74) is 3.16. The van der Waals surface area contributed by atoms with Gasteiger partial charge in [-0.1, -0.05) is 18.2 Å². The topological polar surface area (TPSA) is 45.7 Å². The summed E-state index contributed by atoms with van der Waals surface area (Å²) in [4.78, 5) is 21.6. The Morgan fingerprint density at radius 3 is 2.48 bits per heavy atom. The smallest absolute Gasteiger partial charge is 0.236 e. The molecule has 4 rings (SSSR count). The average molecular weight is 397 g/mol. The van der Waals surface area contributed by atoms with Crippen LogP contribution in [0, 0.1) is 5.82 Å². The SMILES string of the molecule is O=C(CN1CCOCC1)N1CCC(c2cccc(Cc3ccc(F)cc3)n2)CC1. The maximum atomic E-state index is 13.1. The Labute approximate surface area is 171 Å². The van der Waals surface area contributed by atoms with E-state index in [1.165, 1.54) is 12.1 Å². The maximum absolute atomic E-state index is 13.1. The van der Waals surface area contributed by atoms with Gasteiger partial charge in [0.15, 0.2) is 0 Å². The first-order chi connectivity index (χ1) is 14.2. The minimum Gasteiger partial charge on any atom is -0.379 e. The molecule has 5 nitrogen and oxygen atoms in total. The quantitative estimate of drug-likeness (QED) is 0.778. The number of rotatable bonds is 5. The second-order valence-electron chi connectivity index (χ2n) is 7.90. The summed E-state index contributed by atoms with van der Waals surface area (Å²) in [5, 5.41) is 0. The standard InChI is InChI=1S/C23H28FN3O2/c24-20-6-4-18(5-7-20)16-21-2-1-3-22(25-21)19-8-10-27(11-9-19)23(28)17-26-12-14-29-15-13-26/h1-7,19H,8-17H2. The van der Waals surface area contributed by atoms with Gasteiger partial charge in [-0.3, -0.25) is 14.7 Å². The van der Waals surface area contributed by atoms with Gasteiger partial charge in [-0.25, -0.2) is 4.39 Å². The molecule has 0 bridgehead atoms. The van der Waals surface area contributed by atoms with E-state index in [-0.39, 0.29) is 11.7 Å². The fraction of sp³-hybridized carbons (Fsp3) is 0.478. The van der Waals surface area contributed by atoms with E-state index in [0.29, 0.717) is 18.9 Å². The van der Waals surface area contributed by atoms with Crippen LogP contribution in [0.4, 0.5) is 4.39 Å². The van der Waals surface area contributed by atoms with Crippen molar-refractivity contribution in [2.75, 3.05) is 45.9 Å². The van der Waals surface area contributed by atoms with Crippen LogP contribution < -0.4 is 0 Å². The number of halogens is 1. The van der Waals surface area contributed by atoms with E-state index in [0.717, 1.165) is 69.2 Å². The number of hydrogen-bond acceptors (Lipinski definition) is 4. The Hall–Kier alpha value is -2.31. The Balaban J connectivity index is 1.31. The number of ether oxygens (including phenoxy) is 1. The molecule has 0 unspecified atom stereocenters. The van der Waals surface area contributed by atoms with Gasteiger partial charge in [0, 0.05) is 49.9 Å². The van der Waals surface area contributed by atoms with Gasteiger partial charge >= 0.3 is 0 Å². The van der Waals surface area contributed by atoms with E-state index < -0.39 is 0 Å². The van der Waals surface area contributed by atoms with Gasteiger partial charge in [-0.15, -0.1) is 0 Å². The highest BCUT2D eigenvalue weighted by Crippen LogP contribution is 2.27. The lowest BCUT2D eigenvalue weighted by molar-refractivity contribution is -0.134. The maximum Gasteiger partial charge on any atom is 0.236 e. The third-order valence-corrected chi connectivity index (χ3v) is 5.86. The van der Waals surface area contributed by atoms with Crippen LogP contribution in [0.3, 0.4) is 0 Å². The first-order valence-corrected chi connectivity index (χ1v) is 10.5. The third-order valence-electron chi connectivity index (χ3n) is 5.86. The van der Waals surface area contributed by atoms with Crippen molar-refractivity contribution in [1.29, 1.82) is 0 Å². The molecule has 154 valence electrons. The second kappa shape index (κ2) is 9.46. The van der Waals surface area contributed by atoms with E-state index in [2.05, 4.69) is 17.0 Å². The number of benzene rings is 1. The predicted molar refractivity (Wildman–Crippen MR) is 109 cm³/mol. The van der Waals surface area contributed by atoms with Gasteiger partial charge < -0.3 is 9.64 Å². The molecule has 0 atom stereocenters. The van der Waals surface area contributed by atoms with Crippen LogP contribution in [0.1, 0.15) is 35.7 Å². The third kappa shape index (κ3) is 5.40. The highest BCUT2D eigenvalue weighted by Gasteiger charge is 2.26. The highest BCUT2D eigenvalue weighted by molar-refractivity contribution is 5.78. The summed E-state index contributed by atoms with van der Waals surface area (Å²) in [6.07, 6.45) is 2.59. The van der Waals surface area contributed by atoms with Crippen LogP contribution in [0.15, 0.2) is 42.5 Å². The van der Waals surface area contributed by atoms with Crippen molar-refractivity contribution >= 4 is 5.91 Å². The molecule has 3 heterocycles. The van der Waals surface area contributed by atoms with Gasteiger partial charge in [-0.05, 0) is 42.7 Å². The van der Waals surface area contributed by atoms with E-state index >= 15 is 0 Å². The zero-order chi connectivity index (χ0) is 20.1. The van der Waals surface area contributed by atoms with E-state index in [1.54, 1.807) is 0 Å². The molecule has 2 aliphatic heterocycles. The molecule has 0 radical (unpaired) electrons. The van der Waals surface area contributed by atoms with Crippen molar-refractivity contribution in [2.24, 2.45) is 0 Å². The summed E-state index contributed by atoms with van der Waals surface area (Å²) < 4.78 is 18.5. The van der Waals surface area contributed by atoms with Gasteiger partial charge in [0.05, 0.1) is 19.8 Å². The van der Waals surface area contributed by atoms with E-state index in [1.807, 2.05) is 23.1 Å². The molecule has 6 heteroatoms. The lowest BCUT2D eigenvalue weighted by Crippen LogP contribution is -2.46. The molecule has 0 spiro atoms. The number of morpholine rings is 1. The lowest BCUT2D eigenvalue weighted by Gasteiger charge is -2.34. The molecular weight excluding hydrogens is 369 g/mol. The van der Waals surface area contributed by atoms with Crippen LogP contribution in [-0.2, 0) is 16.0 Å². The van der Waals surface area contributed by atoms with Gasteiger partial charge in [0.2, 0.25) is 5.91 Å². The molecule has 2 fully saturated rings. The molecule has 1 aromatic carbocycles. The average Bonchev–Trinajstić information content (AvgIpc) is 2.76. The van der Waals surface area contributed by atoms with Gasteiger partial charge in [0.1, 0.15) is 5.82 Å². The Morgan fingerprint density at radius 2 is 1.76 bits per heavy atom. The first kappa shape index (κ1) is 20.0. The molecule has 0 aliphatic carbocycles. The molecule has 0 N–H and O–H groups in total. The first-order valence-electron chi connectivity index (χ1n) is 10.5. The van der Waals surface area contributed by atoms with Gasteiger partial charge in [-0.2, -0.15) is 0 Å². The number of amides is 1. The molecule has 2 aliphatic rings. The van der Waals surface area contributed by atoms with Crippen molar-refractivity contribution in [1.82, 2.24) is 14.8 Å². The summed E-state index contributed by atoms with van der Waals surface area (Å²) in [6.45, 7) is 5.19. The summed E-state index contributed by atoms with van der Waals surface area (Å²) in [7, 11) is 0. The fourth-order valence-corrected chi connectivity index (χ4v) is 4.11.